The van der Waals surface area contributed by atoms with Crippen molar-refractivity contribution in [2.24, 2.45) is 0 Å². The first-order valence-electron chi connectivity index (χ1n) is 13.4. The summed E-state index contributed by atoms with van der Waals surface area (Å²) >= 11 is 0. The Balaban J connectivity index is 2.04. The number of nitrogens with zero attached hydrogens (tertiary/aromatic N) is 2. The molecule has 0 aliphatic rings. The maximum atomic E-state index is 14.0. The van der Waals surface area contributed by atoms with Gasteiger partial charge in [-0.3, -0.25) is 13.9 Å². The lowest BCUT2D eigenvalue weighted by molar-refractivity contribution is -0.139. The normalized spacial score (nSPS) is 12.8. The Bertz CT molecular complexity index is 1410. The molecular weight excluding hydrogens is 526 g/mol. The summed E-state index contributed by atoms with van der Waals surface area (Å²) < 4.78 is 34.1. The van der Waals surface area contributed by atoms with E-state index in [0.717, 1.165) is 27.4 Å². The molecule has 0 aliphatic heterocycles. The Labute approximate surface area is 238 Å². The summed E-state index contributed by atoms with van der Waals surface area (Å²) in [5, 5.41) is 2.95. The van der Waals surface area contributed by atoms with Crippen molar-refractivity contribution in [2.75, 3.05) is 18.0 Å². The highest BCUT2D eigenvalue weighted by atomic mass is 32.2. The Morgan fingerprint density at radius 3 is 2.12 bits per heavy atom. The van der Waals surface area contributed by atoms with Crippen LogP contribution in [0.1, 0.15) is 43.9 Å². The van der Waals surface area contributed by atoms with Crippen LogP contribution in [0, 0.1) is 13.8 Å². The molecule has 0 bridgehead atoms. The van der Waals surface area contributed by atoms with Gasteiger partial charge in [-0.05, 0) is 81.6 Å². The number of carbonyl (C=O) groups is 2. The highest BCUT2D eigenvalue weighted by Gasteiger charge is 2.33. The van der Waals surface area contributed by atoms with Gasteiger partial charge >= 0.3 is 0 Å². The number of rotatable bonds is 12. The maximum Gasteiger partial charge on any atom is 0.264 e. The average Bonchev–Trinajstić information content (AvgIpc) is 2.95. The van der Waals surface area contributed by atoms with Crippen LogP contribution < -0.4 is 14.4 Å². The van der Waals surface area contributed by atoms with Gasteiger partial charge in [-0.1, -0.05) is 48.9 Å². The fourth-order valence-corrected chi connectivity index (χ4v) is 5.55. The Kier molecular flexibility index (Phi) is 10.3. The zero-order valence-corrected chi connectivity index (χ0v) is 24.9. The van der Waals surface area contributed by atoms with Crippen LogP contribution in [0.15, 0.2) is 77.7 Å². The highest BCUT2D eigenvalue weighted by Crippen LogP contribution is 2.27. The number of methoxy groups -OCH3 is 1. The first-order chi connectivity index (χ1) is 19.0. The van der Waals surface area contributed by atoms with E-state index in [0.29, 0.717) is 11.4 Å². The van der Waals surface area contributed by atoms with Gasteiger partial charge in [-0.2, -0.15) is 0 Å². The number of benzene rings is 3. The van der Waals surface area contributed by atoms with Gasteiger partial charge in [0, 0.05) is 12.6 Å². The molecule has 214 valence electrons. The van der Waals surface area contributed by atoms with E-state index in [1.165, 1.54) is 24.1 Å². The molecule has 3 rings (SSSR count). The van der Waals surface area contributed by atoms with Gasteiger partial charge in [0.1, 0.15) is 18.3 Å². The monoisotopic (exact) mass is 565 g/mol. The van der Waals surface area contributed by atoms with Gasteiger partial charge in [-0.25, -0.2) is 8.42 Å². The third-order valence-electron chi connectivity index (χ3n) is 7.02. The fourth-order valence-electron chi connectivity index (χ4n) is 4.13. The van der Waals surface area contributed by atoms with E-state index in [9.17, 15) is 18.0 Å². The summed E-state index contributed by atoms with van der Waals surface area (Å²) in [6.45, 7) is 9.01. The number of sulfonamides is 1. The Morgan fingerprint density at radius 2 is 1.55 bits per heavy atom. The number of ether oxygens (including phenoxy) is 1. The lowest BCUT2D eigenvalue weighted by Gasteiger charge is -2.32. The Morgan fingerprint density at radius 1 is 0.925 bits per heavy atom. The zero-order chi connectivity index (χ0) is 29.4. The maximum absolute atomic E-state index is 14.0. The average molecular weight is 566 g/mol. The lowest BCUT2D eigenvalue weighted by atomic mass is 10.1. The minimum Gasteiger partial charge on any atom is -0.497 e. The fraction of sp³-hybridized carbons (Fsp3) is 0.355. The third-order valence-corrected chi connectivity index (χ3v) is 8.81. The van der Waals surface area contributed by atoms with Crippen LogP contribution in [-0.2, 0) is 26.2 Å². The van der Waals surface area contributed by atoms with Gasteiger partial charge < -0.3 is 15.0 Å². The molecule has 3 aromatic carbocycles. The number of anilines is 1. The quantitative estimate of drug-likeness (QED) is 0.339. The summed E-state index contributed by atoms with van der Waals surface area (Å²) in [5.74, 6) is -0.241. The predicted molar refractivity (Wildman–Crippen MR) is 158 cm³/mol. The van der Waals surface area contributed by atoms with Crippen LogP contribution >= 0.6 is 0 Å². The van der Waals surface area contributed by atoms with Gasteiger partial charge in [0.15, 0.2) is 0 Å². The standard InChI is InChI=1S/C31H39N3O5S/c1-7-24(4)32-31(36)25(5)33(20-26-11-9-8-10-23(26)3)30(35)21-34(27-14-16-28(39-6)17-15-27)40(37,38)29-18-12-22(2)13-19-29/h8-19,24-25H,7,20-21H2,1-6H3,(H,32,36)/t24-,25+/m1/s1. The molecule has 0 heterocycles. The molecule has 0 fully saturated rings. The van der Waals surface area contributed by atoms with Crippen LogP contribution in [-0.4, -0.2) is 50.9 Å². The summed E-state index contributed by atoms with van der Waals surface area (Å²) in [7, 11) is -2.60. The molecule has 2 atom stereocenters. The number of amides is 2. The molecule has 0 radical (unpaired) electrons. The van der Waals surface area contributed by atoms with Gasteiger partial charge in [0.05, 0.1) is 17.7 Å². The summed E-state index contributed by atoms with van der Waals surface area (Å²) in [4.78, 5) is 28.7. The van der Waals surface area contributed by atoms with Gasteiger partial charge in [-0.15, -0.1) is 0 Å². The number of carbonyl (C=O) groups excluding carboxylic acids is 2. The second kappa shape index (κ2) is 13.5. The summed E-state index contributed by atoms with van der Waals surface area (Å²) in [5.41, 5.74) is 3.06. The SMILES string of the molecule is CC[C@@H](C)NC(=O)[C@H](C)N(Cc1ccccc1C)C(=O)CN(c1ccc(OC)cc1)S(=O)(=O)c1ccc(C)cc1. The van der Waals surface area contributed by atoms with Gasteiger partial charge in [0.2, 0.25) is 11.8 Å². The molecule has 3 aromatic rings. The zero-order valence-electron chi connectivity index (χ0n) is 24.0. The van der Waals surface area contributed by atoms with E-state index in [4.69, 9.17) is 4.74 Å². The highest BCUT2D eigenvalue weighted by molar-refractivity contribution is 7.92. The molecule has 0 saturated heterocycles. The number of nitrogens with one attached hydrogen (secondary N) is 1. The first-order valence-corrected chi connectivity index (χ1v) is 14.8. The molecule has 1 N–H and O–H groups in total. The molecule has 0 aromatic heterocycles. The minimum atomic E-state index is -4.12. The largest absolute Gasteiger partial charge is 0.497 e. The second-order valence-corrected chi connectivity index (χ2v) is 11.8. The van der Waals surface area contributed by atoms with Crippen molar-refractivity contribution in [3.8, 4) is 5.75 Å². The van der Waals surface area contributed by atoms with Crippen molar-refractivity contribution < 1.29 is 22.7 Å². The minimum absolute atomic E-state index is 0.0646. The van der Waals surface area contributed by atoms with E-state index in [1.54, 1.807) is 43.3 Å². The van der Waals surface area contributed by atoms with Crippen LogP contribution in [0.4, 0.5) is 5.69 Å². The molecular formula is C31H39N3O5S. The number of hydrogen-bond acceptors (Lipinski definition) is 5. The first kappa shape index (κ1) is 30.7. The molecule has 0 unspecified atom stereocenters. The van der Waals surface area contributed by atoms with E-state index in [1.807, 2.05) is 52.0 Å². The van der Waals surface area contributed by atoms with E-state index in [-0.39, 0.29) is 23.4 Å². The van der Waals surface area contributed by atoms with Crippen LogP contribution in [0.2, 0.25) is 0 Å². The molecule has 2 amide bonds. The van der Waals surface area contributed by atoms with Crippen molar-refractivity contribution in [2.45, 2.75) is 64.6 Å². The van der Waals surface area contributed by atoms with E-state index < -0.39 is 28.5 Å². The third kappa shape index (κ3) is 7.41. The summed E-state index contributed by atoms with van der Waals surface area (Å²) in [6.07, 6.45) is 0.740. The Hall–Kier alpha value is -3.85. The van der Waals surface area contributed by atoms with Crippen LogP contribution in [0.3, 0.4) is 0 Å². The molecule has 0 spiro atoms. The van der Waals surface area contributed by atoms with Crippen molar-refractivity contribution >= 4 is 27.5 Å². The van der Waals surface area contributed by atoms with Crippen molar-refractivity contribution in [3.63, 3.8) is 0 Å². The molecule has 8 nitrogen and oxygen atoms in total. The number of aryl methyl sites for hydroxylation is 2. The second-order valence-electron chi connectivity index (χ2n) is 9.96. The topological polar surface area (TPSA) is 96.0 Å². The lowest BCUT2D eigenvalue weighted by Crippen LogP contribution is -2.52. The molecule has 9 heteroatoms. The number of hydrogen-bond donors (Lipinski definition) is 1. The molecule has 0 aliphatic carbocycles. The molecule has 40 heavy (non-hydrogen) atoms. The van der Waals surface area contributed by atoms with Gasteiger partial charge in [0.25, 0.3) is 10.0 Å². The predicted octanol–water partition coefficient (Wildman–Crippen LogP) is 4.84. The van der Waals surface area contributed by atoms with E-state index >= 15 is 0 Å². The summed E-state index contributed by atoms with van der Waals surface area (Å²) in [6, 6.07) is 19.7. The van der Waals surface area contributed by atoms with Crippen LogP contribution in [0.5, 0.6) is 5.75 Å². The van der Waals surface area contributed by atoms with E-state index in [2.05, 4.69) is 5.32 Å². The van der Waals surface area contributed by atoms with Crippen molar-refractivity contribution in [1.29, 1.82) is 0 Å². The smallest absolute Gasteiger partial charge is 0.264 e. The molecule has 0 saturated carbocycles. The van der Waals surface area contributed by atoms with Crippen molar-refractivity contribution in [3.05, 3.63) is 89.5 Å². The van der Waals surface area contributed by atoms with Crippen LogP contribution in [0.25, 0.3) is 0 Å². The van der Waals surface area contributed by atoms with Crippen molar-refractivity contribution in [1.82, 2.24) is 10.2 Å².